The predicted molar refractivity (Wildman–Crippen MR) is 137 cm³/mol. The molecule has 0 aromatic carbocycles. The summed E-state index contributed by atoms with van der Waals surface area (Å²) in [7, 11) is 0. The third kappa shape index (κ3) is 6.97. The number of rotatable bonds is 7. The van der Waals surface area contributed by atoms with Gasteiger partial charge in [-0.2, -0.15) is 0 Å². The molecule has 34 heavy (non-hydrogen) atoms. The Labute approximate surface area is 206 Å². The summed E-state index contributed by atoms with van der Waals surface area (Å²) in [5.41, 5.74) is 1.63. The zero-order valence-corrected chi connectivity index (χ0v) is 21.2. The standard InChI is InChI=1S/C27H35N3O3S/c1-27(2,3)12-10-23-17-24(25(34-23)26(31)32)29-19-6-8-21(9-7-19)33-22-11-13-28-20(16-22)18-30-14-4-5-15-30/h11,13,16-17,19,21,29H,4-9,14-15,18H2,1-3H3,(H,31,32)/t19-,21-. The molecule has 3 heterocycles. The van der Waals surface area contributed by atoms with Gasteiger partial charge in [-0.3, -0.25) is 9.88 Å². The second kappa shape index (κ2) is 10.8. The van der Waals surface area contributed by atoms with Crippen LogP contribution in [0, 0.1) is 17.3 Å². The van der Waals surface area contributed by atoms with Crippen LogP contribution in [0.2, 0.25) is 0 Å². The molecule has 1 saturated heterocycles. The predicted octanol–water partition coefficient (Wildman–Crippen LogP) is 5.64. The maximum absolute atomic E-state index is 11.8. The Hall–Kier alpha value is -2.56. The number of anilines is 1. The fourth-order valence-electron chi connectivity index (χ4n) is 4.49. The molecule has 0 radical (unpaired) electrons. The molecule has 0 bridgehead atoms. The SMILES string of the molecule is CC(C)(C)C#Cc1cc(N[C@H]2CC[C@H](Oc3ccnc(CN4CCCC4)c3)CC2)c(C(=O)O)s1. The average molecular weight is 482 g/mol. The van der Waals surface area contributed by atoms with Gasteiger partial charge in [0.15, 0.2) is 0 Å². The maximum atomic E-state index is 11.8. The van der Waals surface area contributed by atoms with Crippen LogP contribution in [0.25, 0.3) is 0 Å². The monoisotopic (exact) mass is 481 g/mol. The first-order chi connectivity index (χ1) is 16.2. The van der Waals surface area contributed by atoms with E-state index in [0.717, 1.165) is 61.6 Å². The minimum Gasteiger partial charge on any atom is -0.490 e. The molecule has 0 unspecified atom stereocenters. The fraction of sp³-hybridized carbons (Fsp3) is 0.556. The van der Waals surface area contributed by atoms with E-state index in [1.807, 2.05) is 39.1 Å². The van der Waals surface area contributed by atoms with Gasteiger partial charge in [0.25, 0.3) is 0 Å². The van der Waals surface area contributed by atoms with Gasteiger partial charge in [-0.1, -0.05) is 11.8 Å². The molecule has 0 spiro atoms. The van der Waals surface area contributed by atoms with Crippen LogP contribution in [-0.2, 0) is 6.54 Å². The van der Waals surface area contributed by atoms with Crippen molar-refractivity contribution in [3.63, 3.8) is 0 Å². The minimum atomic E-state index is -0.907. The summed E-state index contributed by atoms with van der Waals surface area (Å²) in [6.07, 6.45) is 8.32. The van der Waals surface area contributed by atoms with Crippen LogP contribution >= 0.6 is 11.3 Å². The van der Waals surface area contributed by atoms with Crippen molar-refractivity contribution in [3.05, 3.63) is 39.8 Å². The molecule has 2 aromatic heterocycles. The van der Waals surface area contributed by atoms with Gasteiger partial charge in [-0.05, 0) is 84.5 Å². The van der Waals surface area contributed by atoms with Gasteiger partial charge in [0.2, 0.25) is 0 Å². The first-order valence-corrected chi connectivity index (χ1v) is 13.1. The summed E-state index contributed by atoms with van der Waals surface area (Å²) >= 11 is 1.24. The molecule has 6 nitrogen and oxygen atoms in total. The summed E-state index contributed by atoms with van der Waals surface area (Å²) in [5, 5.41) is 13.1. The molecular formula is C27H35N3O3S. The van der Waals surface area contributed by atoms with Gasteiger partial charge in [-0.25, -0.2) is 4.79 Å². The van der Waals surface area contributed by atoms with Crippen LogP contribution in [0.5, 0.6) is 5.75 Å². The highest BCUT2D eigenvalue weighted by Crippen LogP contribution is 2.31. The molecule has 2 fully saturated rings. The number of carboxylic acid groups (broad SMARTS) is 1. The maximum Gasteiger partial charge on any atom is 0.348 e. The van der Waals surface area contributed by atoms with Crippen LogP contribution in [0.15, 0.2) is 24.4 Å². The van der Waals surface area contributed by atoms with E-state index in [2.05, 4.69) is 33.1 Å². The first kappa shape index (κ1) is 24.6. The van der Waals surface area contributed by atoms with E-state index in [4.69, 9.17) is 4.74 Å². The summed E-state index contributed by atoms with van der Waals surface area (Å²) in [4.78, 5) is 19.8. The smallest absolute Gasteiger partial charge is 0.348 e. The molecule has 2 aliphatic rings. The number of carbonyl (C=O) groups is 1. The lowest BCUT2D eigenvalue weighted by Gasteiger charge is -2.30. The molecule has 2 aromatic rings. The second-order valence-electron chi connectivity index (χ2n) is 10.4. The van der Waals surface area contributed by atoms with E-state index >= 15 is 0 Å². The Kier molecular flexibility index (Phi) is 7.80. The van der Waals surface area contributed by atoms with Gasteiger partial charge in [0.1, 0.15) is 10.6 Å². The number of aromatic nitrogens is 1. The summed E-state index contributed by atoms with van der Waals surface area (Å²) < 4.78 is 6.29. The third-order valence-corrected chi connectivity index (χ3v) is 7.23. The van der Waals surface area contributed by atoms with Crippen molar-refractivity contribution in [1.29, 1.82) is 0 Å². The number of aromatic carboxylic acids is 1. The van der Waals surface area contributed by atoms with Crippen molar-refractivity contribution in [2.24, 2.45) is 5.41 Å². The van der Waals surface area contributed by atoms with E-state index in [1.54, 1.807) is 0 Å². The van der Waals surface area contributed by atoms with Gasteiger partial charge < -0.3 is 15.2 Å². The number of nitrogens with one attached hydrogen (secondary N) is 1. The summed E-state index contributed by atoms with van der Waals surface area (Å²) in [6.45, 7) is 9.34. The Morgan fingerprint density at radius 2 is 1.97 bits per heavy atom. The van der Waals surface area contributed by atoms with Crippen molar-refractivity contribution in [2.45, 2.75) is 78.0 Å². The molecular weight excluding hydrogens is 446 g/mol. The molecule has 7 heteroatoms. The lowest BCUT2D eigenvalue weighted by Crippen LogP contribution is -2.31. The van der Waals surface area contributed by atoms with Gasteiger partial charge in [0.05, 0.1) is 22.4 Å². The molecule has 1 saturated carbocycles. The number of thiophene rings is 1. The number of hydrogen-bond donors (Lipinski definition) is 2. The first-order valence-electron chi connectivity index (χ1n) is 12.3. The Morgan fingerprint density at radius 3 is 2.65 bits per heavy atom. The zero-order valence-electron chi connectivity index (χ0n) is 20.4. The number of carboxylic acids is 1. The highest BCUT2D eigenvalue weighted by atomic mass is 32.1. The highest BCUT2D eigenvalue weighted by molar-refractivity contribution is 7.15. The second-order valence-corrected chi connectivity index (χ2v) is 11.4. The topological polar surface area (TPSA) is 74.7 Å². The zero-order chi connectivity index (χ0) is 24.1. The Morgan fingerprint density at radius 1 is 1.24 bits per heavy atom. The minimum absolute atomic E-state index is 0.122. The van der Waals surface area contributed by atoms with Gasteiger partial charge in [-0.15, -0.1) is 11.3 Å². The van der Waals surface area contributed by atoms with E-state index < -0.39 is 5.97 Å². The normalized spacial score (nSPS) is 21.0. The lowest BCUT2D eigenvalue weighted by molar-refractivity contribution is 0.0703. The van der Waals surface area contributed by atoms with Crippen LogP contribution < -0.4 is 10.1 Å². The van der Waals surface area contributed by atoms with E-state index in [1.165, 1.54) is 24.2 Å². The van der Waals surface area contributed by atoms with Crippen molar-refractivity contribution < 1.29 is 14.6 Å². The Bertz CT molecular complexity index is 1050. The van der Waals surface area contributed by atoms with E-state index in [9.17, 15) is 9.90 Å². The van der Waals surface area contributed by atoms with E-state index in [-0.39, 0.29) is 17.6 Å². The Balaban J connectivity index is 1.31. The summed E-state index contributed by atoms with van der Waals surface area (Å²) in [5.74, 6) is 6.32. The quantitative estimate of drug-likeness (QED) is 0.499. The lowest BCUT2D eigenvalue weighted by atomic mass is 9.92. The van der Waals surface area contributed by atoms with Crippen molar-refractivity contribution >= 4 is 23.0 Å². The molecule has 0 atom stereocenters. The number of ether oxygens (including phenoxy) is 1. The van der Waals surface area contributed by atoms with Crippen molar-refractivity contribution in [2.75, 3.05) is 18.4 Å². The number of pyridine rings is 1. The van der Waals surface area contributed by atoms with Crippen molar-refractivity contribution in [1.82, 2.24) is 9.88 Å². The largest absolute Gasteiger partial charge is 0.490 e. The molecule has 0 amide bonds. The number of likely N-dealkylation sites (tertiary alicyclic amines) is 1. The molecule has 182 valence electrons. The van der Waals surface area contributed by atoms with E-state index in [0.29, 0.717) is 10.6 Å². The highest BCUT2D eigenvalue weighted by Gasteiger charge is 2.25. The van der Waals surface area contributed by atoms with Crippen LogP contribution in [0.3, 0.4) is 0 Å². The van der Waals surface area contributed by atoms with Gasteiger partial charge >= 0.3 is 5.97 Å². The molecule has 2 N–H and O–H groups in total. The summed E-state index contributed by atoms with van der Waals surface area (Å²) in [6, 6.07) is 6.14. The van der Waals surface area contributed by atoms with Crippen LogP contribution in [-0.4, -0.2) is 46.2 Å². The average Bonchev–Trinajstić information content (AvgIpc) is 3.43. The fourth-order valence-corrected chi connectivity index (χ4v) is 5.30. The molecule has 1 aliphatic heterocycles. The number of hydrogen-bond acceptors (Lipinski definition) is 6. The molecule has 1 aliphatic carbocycles. The van der Waals surface area contributed by atoms with Crippen LogP contribution in [0.4, 0.5) is 5.69 Å². The van der Waals surface area contributed by atoms with Gasteiger partial charge in [0, 0.05) is 30.3 Å². The van der Waals surface area contributed by atoms with Crippen LogP contribution in [0.1, 0.15) is 79.5 Å². The third-order valence-electron chi connectivity index (χ3n) is 6.20. The molecule has 4 rings (SSSR count). The van der Waals surface area contributed by atoms with Crippen molar-refractivity contribution in [3.8, 4) is 17.6 Å². The number of nitrogens with zero attached hydrogens (tertiary/aromatic N) is 2.